The number of aryl methyl sites for hydroxylation is 2. The Labute approximate surface area is 176 Å². The van der Waals surface area contributed by atoms with Crippen molar-refractivity contribution in [2.24, 2.45) is 0 Å². The molecule has 0 radical (unpaired) electrons. The molecular weight excluding hydrogens is 406 g/mol. The quantitative estimate of drug-likeness (QED) is 0.422. The fraction of sp³-hybridized carbons (Fsp3) is 0.190. The minimum atomic E-state index is -0.742. The van der Waals surface area contributed by atoms with Gasteiger partial charge in [-0.05, 0) is 44.0 Å². The maximum Gasteiger partial charge on any atom is 0.291 e. The van der Waals surface area contributed by atoms with Crippen LogP contribution in [0.5, 0.6) is 5.75 Å². The Bertz CT molecular complexity index is 1130. The van der Waals surface area contributed by atoms with Gasteiger partial charge in [0.25, 0.3) is 17.3 Å². The van der Waals surface area contributed by atoms with Gasteiger partial charge < -0.3 is 14.5 Å². The van der Waals surface area contributed by atoms with E-state index in [2.05, 4.69) is 5.32 Å². The van der Waals surface area contributed by atoms with Crippen LogP contribution in [0.15, 0.2) is 46.9 Å². The minimum absolute atomic E-state index is 0.0639. The molecule has 0 bridgehead atoms. The number of nitrogens with zero attached hydrogens (tertiary/aromatic N) is 2. The van der Waals surface area contributed by atoms with Crippen LogP contribution >= 0.6 is 0 Å². The highest BCUT2D eigenvalue weighted by molar-refractivity contribution is 6.02. The van der Waals surface area contributed by atoms with Gasteiger partial charge in [0, 0.05) is 12.1 Å². The first-order valence-electron chi connectivity index (χ1n) is 9.20. The van der Waals surface area contributed by atoms with Crippen LogP contribution < -0.4 is 10.1 Å². The lowest BCUT2D eigenvalue weighted by Gasteiger charge is -2.10. The van der Waals surface area contributed by atoms with E-state index in [4.69, 9.17) is 9.15 Å². The third-order valence-corrected chi connectivity index (χ3v) is 4.66. The predicted molar refractivity (Wildman–Crippen MR) is 111 cm³/mol. The number of benzene rings is 2. The maximum absolute atomic E-state index is 12.5. The van der Waals surface area contributed by atoms with Gasteiger partial charge in [0.15, 0.2) is 5.76 Å². The lowest BCUT2D eigenvalue weighted by atomic mass is 10.1. The van der Waals surface area contributed by atoms with Gasteiger partial charge in [0.1, 0.15) is 23.7 Å². The number of nitro benzene ring substituents is 2. The molecule has 0 fully saturated rings. The molecule has 0 aliphatic heterocycles. The molecule has 0 unspecified atom stereocenters. The highest BCUT2D eigenvalue weighted by Crippen LogP contribution is 2.32. The molecule has 10 heteroatoms. The number of anilines is 1. The molecule has 1 amide bonds. The van der Waals surface area contributed by atoms with Crippen LogP contribution in [0, 0.1) is 41.0 Å². The molecule has 1 N–H and O–H groups in total. The molecule has 0 saturated carbocycles. The molecule has 0 aliphatic carbocycles. The zero-order valence-electron chi connectivity index (χ0n) is 17.0. The van der Waals surface area contributed by atoms with Crippen LogP contribution in [0.1, 0.15) is 33.0 Å². The lowest BCUT2D eigenvalue weighted by Crippen LogP contribution is -2.12. The second-order valence-corrected chi connectivity index (χ2v) is 6.88. The number of nitro groups is 2. The van der Waals surface area contributed by atoms with Crippen molar-refractivity contribution < 1.29 is 23.8 Å². The minimum Gasteiger partial charge on any atom is -0.485 e. The topological polar surface area (TPSA) is 138 Å². The van der Waals surface area contributed by atoms with Crippen molar-refractivity contribution in [3.8, 4) is 5.75 Å². The summed E-state index contributed by atoms with van der Waals surface area (Å²) in [7, 11) is 0. The second-order valence-electron chi connectivity index (χ2n) is 6.88. The average molecular weight is 425 g/mol. The SMILES string of the molecule is Cc1cccc(C)c1OCc1ccc(C(=O)Nc2cc([N+](=O)[O-])c(C)c([N+](=O)[O-])c2)o1. The van der Waals surface area contributed by atoms with E-state index in [-0.39, 0.29) is 23.6 Å². The van der Waals surface area contributed by atoms with E-state index in [1.54, 1.807) is 6.07 Å². The fourth-order valence-corrected chi connectivity index (χ4v) is 3.08. The lowest BCUT2D eigenvalue weighted by molar-refractivity contribution is -0.395. The number of amides is 1. The third kappa shape index (κ3) is 4.69. The Morgan fingerprint density at radius 3 is 2.13 bits per heavy atom. The van der Waals surface area contributed by atoms with Gasteiger partial charge in [-0.1, -0.05) is 18.2 Å². The highest BCUT2D eigenvalue weighted by Gasteiger charge is 2.24. The van der Waals surface area contributed by atoms with E-state index in [1.807, 2.05) is 32.0 Å². The van der Waals surface area contributed by atoms with Crippen LogP contribution in [0.4, 0.5) is 17.1 Å². The smallest absolute Gasteiger partial charge is 0.291 e. The third-order valence-electron chi connectivity index (χ3n) is 4.66. The van der Waals surface area contributed by atoms with Gasteiger partial charge in [-0.25, -0.2) is 0 Å². The number of rotatable bonds is 7. The molecule has 0 saturated heterocycles. The highest BCUT2D eigenvalue weighted by atomic mass is 16.6. The van der Waals surface area contributed by atoms with E-state index in [9.17, 15) is 25.0 Å². The zero-order chi connectivity index (χ0) is 22.7. The summed E-state index contributed by atoms with van der Waals surface area (Å²) in [5, 5.41) is 24.8. The summed E-state index contributed by atoms with van der Waals surface area (Å²) >= 11 is 0. The van der Waals surface area contributed by atoms with Crippen LogP contribution in [0.2, 0.25) is 0 Å². The second kappa shape index (κ2) is 8.66. The summed E-state index contributed by atoms with van der Waals surface area (Å²) in [4.78, 5) is 33.4. The van der Waals surface area contributed by atoms with Gasteiger partial charge in [-0.15, -0.1) is 0 Å². The molecule has 1 heterocycles. The monoisotopic (exact) mass is 425 g/mol. The maximum atomic E-state index is 12.5. The summed E-state index contributed by atoms with van der Waals surface area (Å²) < 4.78 is 11.3. The zero-order valence-corrected chi connectivity index (χ0v) is 17.0. The molecule has 31 heavy (non-hydrogen) atoms. The van der Waals surface area contributed by atoms with Gasteiger partial charge in [-0.2, -0.15) is 0 Å². The van der Waals surface area contributed by atoms with E-state index < -0.39 is 27.1 Å². The molecule has 3 rings (SSSR count). The Hall–Kier alpha value is -4.21. The van der Waals surface area contributed by atoms with Crippen molar-refractivity contribution in [1.29, 1.82) is 0 Å². The van der Waals surface area contributed by atoms with Crippen molar-refractivity contribution in [3.63, 3.8) is 0 Å². The predicted octanol–water partition coefficient (Wildman–Crippen LogP) is 4.85. The van der Waals surface area contributed by atoms with Gasteiger partial charge in [0.05, 0.1) is 15.5 Å². The van der Waals surface area contributed by atoms with Crippen molar-refractivity contribution in [1.82, 2.24) is 0 Å². The van der Waals surface area contributed by atoms with E-state index in [0.29, 0.717) is 5.76 Å². The van der Waals surface area contributed by atoms with Crippen molar-refractivity contribution in [2.75, 3.05) is 5.32 Å². The molecule has 10 nitrogen and oxygen atoms in total. The van der Waals surface area contributed by atoms with Crippen LogP contribution in [-0.4, -0.2) is 15.8 Å². The number of hydrogen-bond donors (Lipinski definition) is 1. The van der Waals surface area contributed by atoms with Crippen molar-refractivity contribution in [3.05, 3.63) is 90.9 Å². The fourth-order valence-electron chi connectivity index (χ4n) is 3.08. The summed E-state index contributed by atoms with van der Waals surface area (Å²) in [6, 6.07) is 10.9. The number of para-hydroxylation sites is 1. The summed E-state index contributed by atoms with van der Waals surface area (Å²) in [5.41, 5.74) is 0.813. The largest absolute Gasteiger partial charge is 0.485 e. The van der Waals surface area contributed by atoms with E-state index in [0.717, 1.165) is 29.0 Å². The van der Waals surface area contributed by atoms with Crippen LogP contribution in [0.3, 0.4) is 0 Å². The first-order chi connectivity index (χ1) is 14.7. The molecule has 0 aliphatic rings. The number of hydrogen-bond acceptors (Lipinski definition) is 7. The summed E-state index contributed by atoms with van der Waals surface area (Å²) in [6.07, 6.45) is 0. The molecule has 1 aromatic heterocycles. The van der Waals surface area contributed by atoms with Crippen molar-refractivity contribution in [2.45, 2.75) is 27.4 Å². The number of furan rings is 1. The normalized spacial score (nSPS) is 10.5. The molecule has 3 aromatic rings. The van der Waals surface area contributed by atoms with E-state index >= 15 is 0 Å². The number of carbonyl (C=O) groups excluding carboxylic acids is 1. The van der Waals surface area contributed by atoms with Crippen LogP contribution in [-0.2, 0) is 6.61 Å². The summed E-state index contributed by atoms with van der Waals surface area (Å²) in [5.74, 6) is 0.356. The number of carbonyl (C=O) groups is 1. The van der Waals surface area contributed by atoms with Crippen molar-refractivity contribution >= 4 is 23.0 Å². The Balaban J connectivity index is 1.76. The van der Waals surface area contributed by atoms with Gasteiger partial charge >= 0.3 is 0 Å². The summed E-state index contributed by atoms with van der Waals surface area (Å²) in [6.45, 7) is 5.21. The Morgan fingerprint density at radius 2 is 1.58 bits per heavy atom. The Kier molecular flexibility index (Phi) is 6.00. The number of ether oxygens (including phenoxy) is 1. The van der Waals surface area contributed by atoms with Gasteiger partial charge in [-0.3, -0.25) is 25.0 Å². The molecule has 0 spiro atoms. The van der Waals surface area contributed by atoms with E-state index in [1.165, 1.54) is 13.0 Å². The molecule has 0 atom stereocenters. The van der Waals surface area contributed by atoms with Crippen LogP contribution in [0.25, 0.3) is 0 Å². The molecular formula is C21H19N3O7. The molecule has 2 aromatic carbocycles. The standard InChI is InChI=1S/C21H19N3O7/c1-12-5-4-6-13(2)20(12)30-11-16-7-8-19(31-16)21(25)22-15-9-17(23(26)27)14(3)18(10-15)24(28)29/h4-10H,11H2,1-3H3,(H,22,25). The van der Waals surface area contributed by atoms with Gasteiger partial charge in [0.2, 0.25) is 0 Å². The number of nitrogens with one attached hydrogen (secondary N) is 1. The Morgan fingerprint density at radius 1 is 1.00 bits per heavy atom. The first-order valence-corrected chi connectivity index (χ1v) is 9.20. The first kappa shape index (κ1) is 21.5. The average Bonchev–Trinajstić information content (AvgIpc) is 3.17. The molecule has 160 valence electrons.